The molecule has 0 N–H and O–H groups in total. The van der Waals surface area contributed by atoms with Crippen molar-refractivity contribution in [3.8, 4) is 0 Å². The van der Waals surface area contributed by atoms with Crippen molar-refractivity contribution < 1.29 is 19.1 Å². The molecule has 1 aliphatic rings. The Hall–Kier alpha value is -2.73. The van der Waals surface area contributed by atoms with Crippen molar-refractivity contribution in [1.29, 1.82) is 0 Å². The molecule has 2 aromatic carbocycles. The zero-order valence-corrected chi connectivity index (χ0v) is 15.7. The van der Waals surface area contributed by atoms with Crippen molar-refractivity contribution in [3.63, 3.8) is 0 Å². The molecule has 6 heteroatoms. The minimum absolute atomic E-state index is 0.205. The number of benzene rings is 2. The minimum Gasteiger partial charge on any atom is -0.465 e. The first kappa shape index (κ1) is 18.1. The fourth-order valence-corrected chi connectivity index (χ4v) is 3.12. The molecule has 1 aliphatic heterocycles. The van der Waals surface area contributed by atoms with Crippen molar-refractivity contribution in [2.75, 3.05) is 19.0 Å². The van der Waals surface area contributed by atoms with Crippen molar-refractivity contribution >= 4 is 39.8 Å². The lowest BCUT2D eigenvalue weighted by atomic mass is 10.1. The SMILES string of the molecule is COC(=O)c1ccc(/C=C(\CBr)CN2C(=O)c3ccccc3C2=O)cc1. The van der Waals surface area contributed by atoms with Crippen molar-refractivity contribution in [2.24, 2.45) is 0 Å². The van der Waals surface area contributed by atoms with E-state index >= 15 is 0 Å². The molecule has 26 heavy (non-hydrogen) atoms. The van der Waals surface area contributed by atoms with E-state index in [-0.39, 0.29) is 18.4 Å². The van der Waals surface area contributed by atoms with Gasteiger partial charge in [0.05, 0.1) is 30.3 Å². The van der Waals surface area contributed by atoms with E-state index in [1.165, 1.54) is 12.0 Å². The Balaban J connectivity index is 1.80. The molecule has 5 nitrogen and oxygen atoms in total. The molecular formula is C20H16BrNO4. The summed E-state index contributed by atoms with van der Waals surface area (Å²) < 4.78 is 4.68. The summed E-state index contributed by atoms with van der Waals surface area (Å²) in [6.07, 6.45) is 1.89. The molecule has 132 valence electrons. The van der Waals surface area contributed by atoms with E-state index in [0.717, 1.165) is 11.1 Å². The second-order valence-electron chi connectivity index (χ2n) is 5.79. The summed E-state index contributed by atoms with van der Waals surface area (Å²) in [5.41, 5.74) is 3.07. The zero-order chi connectivity index (χ0) is 18.7. The molecule has 3 rings (SSSR count). The number of amides is 2. The highest BCUT2D eigenvalue weighted by Crippen LogP contribution is 2.24. The molecule has 0 aliphatic carbocycles. The molecule has 0 saturated carbocycles. The van der Waals surface area contributed by atoms with Crippen LogP contribution >= 0.6 is 15.9 Å². The van der Waals surface area contributed by atoms with E-state index in [1.54, 1.807) is 48.5 Å². The third-order valence-electron chi connectivity index (χ3n) is 4.11. The van der Waals surface area contributed by atoms with Gasteiger partial charge in [0.2, 0.25) is 0 Å². The van der Waals surface area contributed by atoms with Crippen LogP contribution in [0.2, 0.25) is 0 Å². The third-order valence-corrected chi connectivity index (χ3v) is 4.83. The van der Waals surface area contributed by atoms with E-state index in [1.807, 2.05) is 6.08 Å². The standard InChI is InChI=1S/C20H16BrNO4/c1-26-20(25)15-8-6-13(7-9-15)10-14(11-21)12-22-18(23)16-4-2-3-5-17(16)19(22)24/h2-10H,11-12H2,1H3/b14-10+. The first-order valence-corrected chi connectivity index (χ1v) is 9.06. The van der Waals surface area contributed by atoms with Gasteiger partial charge in [-0.15, -0.1) is 0 Å². The van der Waals surface area contributed by atoms with E-state index in [2.05, 4.69) is 20.7 Å². The Morgan fingerprint density at radius 3 is 2.12 bits per heavy atom. The van der Waals surface area contributed by atoms with Gasteiger partial charge in [0.25, 0.3) is 11.8 Å². The molecule has 0 bridgehead atoms. The van der Waals surface area contributed by atoms with Crippen LogP contribution in [0.15, 0.2) is 54.1 Å². The predicted molar refractivity (Wildman–Crippen MR) is 101 cm³/mol. The van der Waals surface area contributed by atoms with Gasteiger partial charge < -0.3 is 4.74 Å². The summed E-state index contributed by atoms with van der Waals surface area (Å²) in [5, 5.41) is 0.513. The topological polar surface area (TPSA) is 63.7 Å². The lowest BCUT2D eigenvalue weighted by molar-refractivity contribution is 0.0598. The van der Waals surface area contributed by atoms with Gasteiger partial charge in [0.15, 0.2) is 0 Å². The number of nitrogens with zero attached hydrogens (tertiary/aromatic N) is 1. The number of alkyl halides is 1. The number of fused-ring (bicyclic) bond motifs is 1. The number of methoxy groups -OCH3 is 1. The van der Waals surface area contributed by atoms with Crippen LogP contribution in [0.25, 0.3) is 6.08 Å². The number of hydrogen-bond acceptors (Lipinski definition) is 4. The Labute approximate surface area is 159 Å². The molecule has 0 spiro atoms. The molecular weight excluding hydrogens is 398 g/mol. The second-order valence-corrected chi connectivity index (χ2v) is 6.35. The summed E-state index contributed by atoms with van der Waals surface area (Å²) in [5.74, 6) is -0.954. The van der Waals surface area contributed by atoms with Crippen molar-refractivity contribution in [2.45, 2.75) is 0 Å². The van der Waals surface area contributed by atoms with Gasteiger partial charge >= 0.3 is 5.97 Å². The number of carbonyl (C=O) groups excluding carboxylic acids is 3. The first-order chi connectivity index (χ1) is 12.5. The maximum absolute atomic E-state index is 12.5. The van der Waals surface area contributed by atoms with Crippen molar-refractivity contribution in [1.82, 2.24) is 4.90 Å². The zero-order valence-electron chi connectivity index (χ0n) is 14.1. The quantitative estimate of drug-likeness (QED) is 0.427. The van der Waals surface area contributed by atoms with Crippen LogP contribution < -0.4 is 0 Å². The van der Waals surface area contributed by atoms with Gasteiger partial charge in [0, 0.05) is 5.33 Å². The van der Waals surface area contributed by atoms with Crippen LogP contribution in [0.5, 0.6) is 0 Å². The largest absolute Gasteiger partial charge is 0.465 e. The Morgan fingerprint density at radius 1 is 1.04 bits per heavy atom. The van der Waals surface area contributed by atoms with Gasteiger partial charge in [-0.05, 0) is 35.4 Å². The monoisotopic (exact) mass is 413 g/mol. The number of hydrogen-bond donors (Lipinski definition) is 0. The summed E-state index contributed by atoms with van der Waals surface area (Å²) in [6.45, 7) is 0.205. The maximum atomic E-state index is 12.5. The number of halogens is 1. The summed E-state index contributed by atoms with van der Waals surface area (Å²) in [6, 6.07) is 13.7. The minimum atomic E-state index is -0.396. The smallest absolute Gasteiger partial charge is 0.337 e. The average Bonchev–Trinajstić information content (AvgIpc) is 2.92. The van der Waals surface area contributed by atoms with Gasteiger partial charge in [0.1, 0.15) is 0 Å². The average molecular weight is 414 g/mol. The maximum Gasteiger partial charge on any atom is 0.337 e. The number of carbonyl (C=O) groups is 3. The van der Waals surface area contributed by atoms with Crippen molar-refractivity contribution in [3.05, 3.63) is 76.4 Å². The summed E-state index contributed by atoms with van der Waals surface area (Å²) in [7, 11) is 1.33. The van der Waals surface area contributed by atoms with E-state index in [0.29, 0.717) is 22.0 Å². The lowest BCUT2D eigenvalue weighted by Crippen LogP contribution is -2.32. The van der Waals surface area contributed by atoms with E-state index in [9.17, 15) is 14.4 Å². The van der Waals surface area contributed by atoms with Crippen LogP contribution in [0.1, 0.15) is 36.6 Å². The molecule has 0 atom stereocenters. The molecule has 0 aromatic heterocycles. The van der Waals surface area contributed by atoms with Crippen LogP contribution in [0.4, 0.5) is 0 Å². The van der Waals surface area contributed by atoms with E-state index < -0.39 is 5.97 Å². The van der Waals surface area contributed by atoms with Gasteiger partial charge in [-0.25, -0.2) is 4.79 Å². The van der Waals surface area contributed by atoms with Gasteiger partial charge in [-0.1, -0.05) is 46.3 Å². The fraction of sp³-hybridized carbons (Fsp3) is 0.150. The Bertz CT molecular complexity index is 867. The normalized spacial score (nSPS) is 13.8. The lowest BCUT2D eigenvalue weighted by Gasteiger charge is -2.15. The number of rotatable bonds is 5. The highest BCUT2D eigenvalue weighted by atomic mass is 79.9. The van der Waals surface area contributed by atoms with Crippen LogP contribution in [-0.2, 0) is 4.74 Å². The van der Waals surface area contributed by atoms with E-state index in [4.69, 9.17) is 0 Å². The molecule has 1 heterocycles. The summed E-state index contributed by atoms with van der Waals surface area (Å²) in [4.78, 5) is 37.7. The first-order valence-electron chi connectivity index (χ1n) is 7.94. The van der Waals surface area contributed by atoms with Gasteiger partial charge in [-0.2, -0.15) is 0 Å². The Morgan fingerprint density at radius 2 is 1.62 bits per heavy atom. The van der Waals surface area contributed by atoms with Crippen LogP contribution in [-0.4, -0.2) is 41.7 Å². The number of ether oxygens (including phenoxy) is 1. The van der Waals surface area contributed by atoms with Crippen LogP contribution in [0.3, 0.4) is 0 Å². The molecule has 2 aromatic rings. The molecule has 0 fully saturated rings. The van der Waals surface area contributed by atoms with Crippen LogP contribution in [0, 0.1) is 0 Å². The molecule has 0 radical (unpaired) electrons. The van der Waals surface area contributed by atoms with Gasteiger partial charge in [-0.3, -0.25) is 14.5 Å². The molecule has 0 saturated heterocycles. The predicted octanol–water partition coefficient (Wildman–Crippen LogP) is 3.55. The fourth-order valence-electron chi connectivity index (χ4n) is 2.78. The Kier molecular flexibility index (Phi) is 5.32. The second kappa shape index (κ2) is 7.66. The number of imide groups is 1. The molecule has 2 amide bonds. The summed E-state index contributed by atoms with van der Waals surface area (Å²) >= 11 is 3.41. The number of esters is 1. The highest BCUT2D eigenvalue weighted by molar-refractivity contribution is 9.09. The molecule has 0 unspecified atom stereocenters. The third kappa shape index (κ3) is 3.46. The highest BCUT2D eigenvalue weighted by Gasteiger charge is 2.35.